The molecule has 9 nitrogen and oxygen atoms in total. The van der Waals surface area contributed by atoms with Crippen molar-refractivity contribution in [2.75, 3.05) is 24.9 Å². The summed E-state index contributed by atoms with van der Waals surface area (Å²) in [5.41, 5.74) is 8.33. The molecule has 0 saturated heterocycles. The molecule has 0 saturated carbocycles. The summed E-state index contributed by atoms with van der Waals surface area (Å²) in [5, 5.41) is 3.92. The lowest BCUT2D eigenvalue weighted by molar-refractivity contribution is 0.0528. The Morgan fingerprint density at radius 3 is 2.48 bits per heavy atom. The van der Waals surface area contributed by atoms with Crippen LogP contribution in [0.2, 0.25) is 0 Å². The van der Waals surface area contributed by atoms with E-state index in [4.69, 9.17) is 21.1 Å². The summed E-state index contributed by atoms with van der Waals surface area (Å²) < 4.78 is 10.8. The second kappa shape index (κ2) is 6.79. The zero-order valence-corrected chi connectivity index (χ0v) is 12.7. The number of anilines is 2. The number of hydrazine groups is 1. The SMILES string of the molecule is CCOC(=O)c1c(NN)nn(C(=O)c2ccc(OC)cc2)c1N. The Hall–Kier alpha value is -3.07. The third-order valence-electron chi connectivity index (χ3n) is 3.07. The standard InChI is InChI=1S/C14H17N5O4/c1-3-23-14(21)10-11(15)19(18-12(10)17-16)13(20)8-4-6-9(22-2)7-5-8/h4-7H,3,15-16H2,1-2H3,(H,17,18). The van der Waals surface area contributed by atoms with Crippen LogP contribution in [0.25, 0.3) is 0 Å². The fourth-order valence-corrected chi connectivity index (χ4v) is 1.95. The molecule has 0 bridgehead atoms. The number of carbonyl (C=O) groups is 2. The Morgan fingerprint density at radius 2 is 1.96 bits per heavy atom. The van der Waals surface area contributed by atoms with Crippen molar-refractivity contribution in [2.24, 2.45) is 5.84 Å². The number of nitrogens with zero attached hydrogens (tertiary/aromatic N) is 2. The molecule has 0 spiro atoms. The Bertz CT molecular complexity index is 724. The van der Waals surface area contributed by atoms with Gasteiger partial charge in [-0.3, -0.25) is 4.79 Å². The zero-order chi connectivity index (χ0) is 17.0. The Balaban J connectivity index is 2.42. The van der Waals surface area contributed by atoms with Crippen LogP contribution in [0.3, 0.4) is 0 Å². The van der Waals surface area contributed by atoms with Gasteiger partial charge in [-0.1, -0.05) is 0 Å². The lowest BCUT2D eigenvalue weighted by Crippen LogP contribution is -2.17. The molecule has 2 aromatic rings. The predicted octanol–water partition coefficient (Wildman–Crippen LogP) is 0.625. The summed E-state index contributed by atoms with van der Waals surface area (Å²) in [5.74, 6) is 4.50. The van der Waals surface area contributed by atoms with Crippen LogP contribution in [0.15, 0.2) is 24.3 Å². The van der Waals surface area contributed by atoms with Crippen molar-refractivity contribution in [2.45, 2.75) is 6.92 Å². The first kappa shape index (κ1) is 16.3. The number of benzene rings is 1. The number of hydrogen-bond donors (Lipinski definition) is 3. The smallest absolute Gasteiger partial charge is 0.345 e. The Morgan fingerprint density at radius 1 is 1.30 bits per heavy atom. The molecule has 0 aliphatic heterocycles. The first-order valence-corrected chi connectivity index (χ1v) is 6.74. The number of nitrogens with two attached hydrogens (primary N) is 2. The number of esters is 1. The van der Waals surface area contributed by atoms with Gasteiger partial charge in [0.15, 0.2) is 5.82 Å². The van der Waals surface area contributed by atoms with Crippen LogP contribution >= 0.6 is 0 Å². The Kier molecular flexibility index (Phi) is 4.82. The van der Waals surface area contributed by atoms with E-state index < -0.39 is 11.9 Å². The molecule has 0 radical (unpaired) electrons. The van der Waals surface area contributed by atoms with E-state index in [0.29, 0.717) is 11.3 Å². The van der Waals surface area contributed by atoms with Gasteiger partial charge in [-0.15, -0.1) is 5.10 Å². The second-order valence-corrected chi connectivity index (χ2v) is 4.42. The maximum Gasteiger partial charge on any atom is 0.345 e. The average molecular weight is 319 g/mol. The molecule has 2 rings (SSSR count). The van der Waals surface area contributed by atoms with Gasteiger partial charge in [0.05, 0.1) is 13.7 Å². The largest absolute Gasteiger partial charge is 0.497 e. The quantitative estimate of drug-likeness (QED) is 0.415. The van der Waals surface area contributed by atoms with Crippen molar-refractivity contribution in [1.29, 1.82) is 0 Å². The van der Waals surface area contributed by atoms with Crippen molar-refractivity contribution in [3.05, 3.63) is 35.4 Å². The normalized spacial score (nSPS) is 10.2. The maximum atomic E-state index is 12.5. The van der Waals surface area contributed by atoms with E-state index in [1.165, 1.54) is 7.11 Å². The molecule has 0 aliphatic carbocycles. The summed E-state index contributed by atoms with van der Waals surface area (Å²) in [4.78, 5) is 24.4. The summed E-state index contributed by atoms with van der Waals surface area (Å²) in [7, 11) is 1.52. The average Bonchev–Trinajstić information content (AvgIpc) is 2.91. The molecule has 0 fully saturated rings. The van der Waals surface area contributed by atoms with Gasteiger partial charge in [0.25, 0.3) is 5.91 Å². The summed E-state index contributed by atoms with van der Waals surface area (Å²) in [6, 6.07) is 6.37. The molecule has 122 valence electrons. The molecule has 1 aromatic heterocycles. The second-order valence-electron chi connectivity index (χ2n) is 4.42. The molecule has 0 unspecified atom stereocenters. The first-order chi connectivity index (χ1) is 11.0. The highest BCUT2D eigenvalue weighted by Gasteiger charge is 2.26. The van der Waals surface area contributed by atoms with Crippen molar-refractivity contribution in [3.63, 3.8) is 0 Å². The third-order valence-corrected chi connectivity index (χ3v) is 3.07. The number of carbonyl (C=O) groups excluding carboxylic acids is 2. The van der Waals surface area contributed by atoms with Gasteiger partial charge in [-0.2, -0.15) is 4.68 Å². The molecule has 1 aromatic carbocycles. The van der Waals surface area contributed by atoms with E-state index in [1.54, 1.807) is 31.2 Å². The van der Waals surface area contributed by atoms with E-state index in [0.717, 1.165) is 4.68 Å². The fraction of sp³-hybridized carbons (Fsp3) is 0.214. The number of ether oxygens (including phenoxy) is 2. The number of rotatable bonds is 5. The van der Waals surface area contributed by atoms with E-state index in [9.17, 15) is 9.59 Å². The van der Waals surface area contributed by atoms with Crippen molar-refractivity contribution in [1.82, 2.24) is 9.78 Å². The van der Waals surface area contributed by atoms with E-state index in [-0.39, 0.29) is 23.8 Å². The van der Waals surface area contributed by atoms with E-state index in [1.807, 2.05) is 0 Å². The first-order valence-electron chi connectivity index (χ1n) is 6.74. The molecule has 0 aliphatic rings. The van der Waals surface area contributed by atoms with Crippen LogP contribution < -0.4 is 21.7 Å². The third kappa shape index (κ3) is 3.09. The summed E-state index contributed by atoms with van der Waals surface area (Å²) >= 11 is 0. The molecule has 5 N–H and O–H groups in total. The van der Waals surface area contributed by atoms with Gasteiger partial charge < -0.3 is 20.6 Å². The minimum absolute atomic E-state index is 0.0391. The lowest BCUT2D eigenvalue weighted by Gasteiger charge is -2.05. The van der Waals surface area contributed by atoms with Gasteiger partial charge in [0.2, 0.25) is 0 Å². The number of nitrogens with one attached hydrogen (secondary N) is 1. The fourth-order valence-electron chi connectivity index (χ4n) is 1.95. The maximum absolute atomic E-state index is 12.5. The predicted molar refractivity (Wildman–Crippen MR) is 83.1 cm³/mol. The number of hydrogen-bond acceptors (Lipinski definition) is 8. The summed E-state index contributed by atoms with van der Waals surface area (Å²) in [6.45, 7) is 1.80. The molecule has 0 amide bonds. The molecular weight excluding hydrogens is 302 g/mol. The number of methoxy groups -OCH3 is 1. The van der Waals surface area contributed by atoms with Gasteiger partial charge in [0, 0.05) is 5.56 Å². The molecule has 9 heteroatoms. The monoisotopic (exact) mass is 319 g/mol. The molecule has 23 heavy (non-hydrogen) atoms. The van der Waals surface area contributed by atoms with Crippen LogP contribution in [0.4, 0.5) is 11.6 Å². The Labute approximate surface area is 132 Å². The highest BCUT2D eigenvalue weighted by atomic mass is 16.5. The van der Waals surface area contributed by atoms with Gasteiger partial charge >= 0.3 is 5.97 Å². The van der Waals surface area contributed by atoms with Crippen molar-refractivity contribution < 1.29 is 19.1 Å². The minimum atomic E-state index is -0.716. The molecule has 0 atom stereocenters. The minimum Gasteiger partial charge on any atom is -0.497 e. The van der Waals surface area contributed by atoms with Gasteiger partial charge in [-0.05, 0) is 31.2 Å². The van der Waals surface area contributed by atoms with Crippen molar-refractivity contribution in [3.8, 4) is 5.75 Å². The summed E-state index contributed by atoms with van der Waals surface area (Å²) in [6.07, 6.45) is 0. The van der Waals surface area contributed by atoms with Crippen molar-refractivity contribution >= 4 is 23.5 Å². The number of aromatic nitrogens is 2. The highest BCUT2D eigenvalue weighted by molar-refractivity contribution is 6.04. The highest BCUT2D eigenvalue weighted by Crippen LogP contribution is 2.23. The van der Waals surface area contributed by atoms with Crippen LogP contribution in [0.5, 0.6) is 5.75 Å². The number of nitrogen functional groups attached to an aromatic ring is 2. The van der Waals surface area contributed by atoms with E-state index >= 15 is 0 Å². The van der Waals surface area contributed by atoms with Crippen LogP contribution in [0.1, 0.15) is 27.6 Å². The topological polar surface area (TPSA) is 134 Å². The molecular formula is C14H17N5O4. The van der Waals surface area contributed by atoms with Gasteiger partial charge in [-0.25, -0.2) is 10.6 Å². The van der Waals surface area contributed by atoms with Crippen LogP contribution in [-0.4, -0.2) is 35.4 Å². The van der Waals surface area contributed by atoms with Gasteiger partial charge in [0.1, 0.15) is 17.1 Å². The van der Waals surface area contributed by atoms with Crippen LogP contribution in [0, 0.1) is 0 Å². The lowest BCUT2D eigenvalue weighted by atomic mass is 10.2. The van der Waals surface area contributed by atoms with Crippen LogP contribution in [-0.2, 0) is 4.74 Å². The zero-order valence-electron chi connectivity index (χ0n) is 12.7. The van der Waals surface area contributed by atoms with E-state index in [2.05, 4.69) is 10.5 Å². The molecule has 1 heterocycles.